The van der Waals surface area contributed by atoms with Gasteiger partial charge in [0.2, 0.25) is 5.95 Å². The number of anilines is 2. The smallest absolute Gasteiger partial charge is 0.261 e. The molecule has 0 bridgehead atoms. The Labute approximate surface area is 142 Å². The van der Waals surface area contributed by atoms with E-state index in [4.69, 9.17) is 0 Å². The summed E-state index contributed by atoms with van der Waals surface area (Å²) in [5.74, 6) is 0.621. The van der Waals surface area contributed by atoms with Gasteiger partial charge in [0.1, 0.15) is 0 Å². The van der Waals surface area contributed by atoms with Crippen molar-refractivity contribution in [2.24, 2.45) is 0 Å². The van der Waals surface area contributed by atoms with Crippen LogP contribution in [0.1, 0.15) is 17.3 Å². The minimum atomic E-state index is -0.0753. The molecule has 0 atom stereocenters. The molecule has 126 valence electrons. The van der Waals surface area contributed by atoms with E-state index in [2.05, 4.69) is 26.8 Å². The molecular formula is C18H23N5O. The largest absolute Gasteiger partial charge is 0.338 e. The Bertz CT molecular complexity index is 666. The molecule has 0 saturated carbocycles. The SMILES string of the molecule is CCN(C(=O)c1cnc(N2CCN(C)CC2)nc1)c1ccccc1. The van der Waals surface area contributed by atoms with E-state index >= 15 is 0 Å². The van der Waals surface area contributed by atoms with Crippen molar-refractivity contribution < 1.29 is 4.79 Å². The van der Waals surface area contributed by atoms with Crippen molar-refractivity contribution in [1.29, 1.82) is 0 Å². The molecular weight excluding hydrogens is 302 g/mol. The minimum Gasteiger partial charge on any atom is -0.338 e. The maximum atomic E-state index is 12.7. The Morgan fingerprint density at radius 1 is 1.08 bits per heavy atom. The van der Waals surface area contributed by atoms with Gasteiger partial charge in [0, 0.05) is 50.8 Å². The molecule has 1 aromatic carbocycles. The third-order valence-electron chi connectivity index (χ3n) is 4.30. The monoisotopic (exact) mass is 325 g/mol. The first kappa shape index (κ1) is 16.4. The summed E-state index contributed by atoms with van der Waals surface area (Å²) in [6.45, 7) is 6.39. The van der Waals surface area contributed by atoms with Gasteiger partial charge in [-0.2, -0.15) is 0 Å². The van der Waals surface area contributed by atoms with Crippen LogP contribution in [0.4, 0.5) is 11.6 Å². The normalized spacial score (nSPS) is 15.3. The lowest BCUT2D eigenvalue weighted by Crippen LogP contribution is -2.45. The van der Waals surface area contributed by atoms with Crippen molar-refractivity contribution in [1.82, 2.24) is 14.9 Å². The van der Waals surface area contributed by atoms with E-state index in [1.165, 1.54) is 0 Å². The van der Waals surface area contributed by atoms with Gasteiger partial charge in [-0.15, -0.1) is 0 Å². The van der Waals surface area contributed by atoms with Crippen LogP contribution in [-0.2, 0) is 0 Å². The van der Waals surface area contributed by atoms with E-state index in [1.54, 1.807) is 17.3 Å². The van der Waals surface area contributed by atoms with E-state index in [0.29, 0.717) is 18.1 Å². The number of carbonyl (C=O) groups excluding carboxylic acids is 1. The lowest BCUT2D eigenvalue weighted by atomic mass is 10.2. The fourth-order valence-electron chi connectivity index (χ4n) is 2.81. The van der Waals surface area contributed by atoms with Gasteiger partial charge in [0.05, 0.1) is 5.56 Å². The number of nitrogens with zero attached hydrogens (tertiary/aromatic N) is 5. The molecule has 1 amide bonds. The molecule has 2 aromatic rings. The second-order valence-corrected chi connectivity index (χ2v) is 5.95. The Hall–Kier alpha value is -2.47. The molecule has 0 unspecified atom stereocenters. The van der Waals surface area contributed by atoms with Gasteiger partial charge in [-0.3, -0.25) is 4.79 Å². The molecule has 0 radical (unpaired) electrons. The highest BCUT2D eigenvalue weighted by Gasteiger charge is 2.19. The highest BCUT2D eigenvalue weighted by Crippen LogP contribution is 2.17. The van der Waals surface area contributed by atoms with E-state index in [-0.39, 0.29) is 5.91 Å². The number of amides is 1. The molecule has 24 heavy (non-hydrogen) atoms. The summed E-state index contributed by atoms with van der Waals surface area (Å²) in [5, 5.41) is 0. The van der Waals surface area contributed by atoms with Crippen LogP contribution in [0, 0.1) is 0 Å². The predicted octanol–water partition coefficient (Wildman–Crippen LogP) is 1.90. The van der Waals surface area contributed by atoms with Crippen molar-refractivity contribution >= 4 is 17.5 Å². The van der Waals surface area contributed by atoms with E-state index < -0.39 is 0 Å². The summed E-state index contributed by atoms with van der Waals surface area (Å²) >= 11 is 0. The standard InChI is InChI=1S/C18H23N5O/c1-3-23(16-7-5-4-6-8-16)17(24)15-13-19-18(20-14-15)22-11-9-21(2)10-12-22/h4-8,13-14H,3,9-12H2,1-2H3. The average molecular weight is 325 g/mol. The molecule has 0 aliphatic carbocycles. The number of hydrogen-bond acceptors (Lipinski definition) is 5. The molecule has 2 heterocycles. The van der Waals surface area contributed by atoms with Crippen LogP contribution in [0.3, 0.4) is 0 Å². The van der Waals surface area contributed by atoms with Crippen molar-refractivity contribution in [3.8, 4) is 0 Å². The summed E-state index contributed by atoms with van der Waals surface area (Å²) in [6, 6.07) is 9.66. The van der Waals surface area contributed by atoms with Crippen LogP contribution in [0.2, 0.25) is 0 Å². The molecule has 1 aromatic heterocycles. The second-order valence-electron chi connectivity index (χ2n) is 5.95. The molecule has 1 aliphatic rings. The summed E-state index contributed by atoms with van der Waals surface area (Å²) in [5.41, 5.74) is 1.40. The van der Waals surface area contributed by atoms with Crippen LogP contribution in [-0.4, -0.2) is 60.5 Å². The number of para-hydroxylation sites is 1. The fraction of sp³-hybridized carbons (Fsp3) is 0.389. The fourth-order valence-corrected chi connectivity index (χ4v) is 2.81. The van der Waals surface area contributed by atoms with Crippen LogP contribution in [0.25, 0.3) is 0 Å². The van der Waals surface area contributed by atoms with Gasteiger partial charge in [-0.25, -0.2) is 9.97 Å². The van der Waals surface area contributed by atoms with Gasteiger partial charge in [-0.1, -0.05) is 18.2 Å². The summed E-state index contributed by atoms with van der Waals surface area (Å²) in [7, 11) is 2.11. The molecule has 3 rings (SSSR count). The lowest BCUT2D eigenvalue weighted by molar-refractivity contribution is 0.0987. The Morgan fingerprint density at radius 3 is 2.29 bits per heavy atom. The van der Waals surface area contributed by atoms with Crippen LogP contribution in [0.15, 0.2) is 42.7 Å². The highest BCUT2D eigenvalue weighted by atomic mass is 16.2. The molecule has 6 nitrogen and oxygen atoms in total. The zero-order valence-corrected chi connectivity index (χ0v) is 14.2. The highest BCUT2D eigenvalue weighted by molar-refractivity contribution is 6.05. The van der Waals surface area contributed by atoms with E-state index in [1.807, 2.05) is 37.3 Å². The third kappa shape index (κ3) is 3.54. The predicted molar refractivity (Wildman–Crippen MR) is 95.5 cm³/mol. The number of benzene rings is 1. The topological polar surface area (TPSA) is 52.6 Å². The first-order chi connectivity index (χ1) is 11.7. The number of hydrogen-bond donors (Lipinski definition) is 0. The first-order valence-corrected chi connectivity index (χ1v) is 8.31. The Kier molecular flexibility index (Phi) is 5.05. The van der Waals surface area contributed by atoms with Gasteiger partial charge in [0.25, 0.3) is 5.91 Å². The molecule has 0 N–H and O–H groups in total. The van der Waals surface area contributed by atoms with E-state index in [9.17, 15) is 4.79 Å². The van der Waals surface area contributed by atoms with Gasteiger partial charge in [-0.05, 0) is 26.1 Å². The minimum absolute atomic E-state index is 0.0753. The summed E-state index contributed by atoms with van der Waals surface area (Å²) in [4.78, 5) is 27.7. The summed E-state index contributed by atoms with van der Waals surface area (Å²) < 4.78 is 0. The molecule has 1 aliphatic heterocycles. The van der Waals surface area contributed by atoms with Gasteiger partial charge >= 0.3 is 0 Å². The van der Waals surface area contributed by atoms with Gasteiger partial charge < -0.3 is 14.7 Å². The molecule has 0 spiro atoms. The number of rotatable bonds is 4. The Balaban J connectivity index is 1.73. The zero-order chi connectivity index (χ0) is 16.9. The quantitative estimate of drug-likeness (QED) is 0.859. The van der Waals surface area contributed by atoms with Crippen molar-refractivity contribution in [2.75, 3.05) is 49.6 Å². The van der Waals surface area contributed by atoms with Crippen molar-refractivity contribution in [3.05, 3.63) is 48.3 Å². The Morgan fingerprint density at radius 2 is 1.71 bits per heavy atom. The first-order valence-electron chi connectivity index (χ1n) is 8.31. The van der Waals surface area contributed by atoms with Crippen LogP contribution < -0.4 is 9.80 Å². The number of likely N-dealkylation sites (N-methyl/N-ethyl adjacent to an activating group) is 1. The second kappa shape index (κ2) is 7.40. The lowest BCUT2D eigenvalue weighted by Gasteiger charge is -2.32. The van der Waals surface area contributed by atoms with Gasteiger partial charge in [0.15, 0.2) is 0 Å². The van der Waals surface area contributed by atoms with Crippen molar-refractivity contribution in [2.45, 2.75) is 6.92 Å². The molecule has 1 saturated heterocycles. The summed E-state index contributed by atoms with van der Waals surface area (Å²) in [6.07, 6.45) is 3.27. The van der Waals surface area contributed by atoms with Crippen LogP contribution >= 0.6 is 0 Å². The number of piperazine rings is 1. The van der Waals surface area contributed by atoms with Crippen LogP contribution in [0.5, 0.6) is 0 Å². The number of carbonyl (C=O) groups is 1. The maximum Gasteiger partial charge on any atom is 0.261 e. The zero-order valence-electron chi connectivity index (χ0n) is 14.2. The maximum absolute atomic E-state index is 12.7. The number of aromatic nitrogens is 2. The third-order valence-corrected chi connectivity index (χ3v) is 4.30. The van der Waals surface area contributed by atoms with Crippen molar-refractivity contribution in [3.63, 3.8) is 0 Å². The molecule has 6 heteroatoms. The average Bonchev–Trinajstić information content (AvgIpc) is 2.64. The van der Waals surface area contributed by atoms with E-state index in [0.717, 1.165) is 31.9 Å². The molecule has 1 fully saturated rings.